The predicted octanol–water partition coefficient (Wildman–Crippen LogP) is 1.85. The summed E-state index contributed by atoms with van der Waals surface area (Å²) in [4.78, 5) is 13.8. The van der Waals surface area contributed by atoms with Crippen LogP contribution in [-0.4, -0.2) is 42.8 Å². The summed E-state index contributed by atoms with van der Waals surface area (Å²) in [6.45, 7) is 3.40. The Morgan fingerprint density at radius 1 is 1.58 bits per heavy atom. The first kappa shape index (κ1) is 13.7. The molecule has 5 heteroatoms. The van der Waals surface area contributed by atoms with E-state index in [-0.39, 0.29) is 18.6 Å². The van der Waals surface area contributed by atoms with Crippen LogP contribution in [0, 0.1) is 12.8 Å². The number of benzene rings is 1. The highest BCUT2D eigenvalue weighted by Crippen LogP contribution is 2.22. The summed E-state index contributed by atoms with van der Waals surface area (Å²) >= 11 is 0. The zero-order valence-electron chi connectivity index (χ0n) is 11.3. The number of likely N-dealkylation sites (tertiary alicyclic amines) is 1. The van der Waals surface area contributed by atoms with Gasteiger partial charge in [0.15, 0.2) is 0 Å². The van der Waals surface area contributed by atoms with Crippen LogP contribution >= 0.6 is 0 Å². The van der Waals surface area contributed by atoms with E-state index in [2.05, 4.69) is 5.32 Å². The number of nitrogens with zero attached hydrogens (tertiary/aromatic N) is 1. The normalized spacial score (nSPS) is 18.5. The first-order valence-electron chi connectivity index (χ1n) is 6.45. The van der Waals surface area contributed by atoms with Crippen molar-refractivity contribution in [3.8, 4) is 5.75 Å². The number of amides is 2. The molecule has 0 aromatic heterocycles. The molecule has 1 heterocycles. The maximum Gasteiger partial charge on any atom is 0.321 e. The van der Waals surface area contributed by atoms with Gasteiger partial charge in [0.2, 0.25) is 0 Å². The molecule has 1 aliphatic rings. The average Bonchev–Trinajstić information content (AvgIpc) is 2.90. The molecule has 1 fully saturated rings. The Bertz CT molecular complexity index is 462. The van der Waals surface area contributed by atoms with Gasteiger partial charge in [0.05, 0.1) is 7.11 Å². The molecule has 0 radical (unpaired) electrons. The molecule has 0 aliphatic carbocycles. The van der Waals surface area contributed by atoms with Crippen LogP contribution < -0.4 is 10.1 Å². The quantitative estimate of drug-likeness (QED) is 0.875. The van der Waals surface area contributed by atoms with Gasteiger partial charge in [-0.05, 0) is 37.1 Å². The number of urea groups is 1. The third-order valence-corrected chi connectivity index (χ3v) is 3.51. The minimum Gasteiger partial charge on any atom is -0.497 e. The number of nitrogens with one attached hydrogen (secondary N) is 1. The number of carbonyl (C=O) groups excluding carboxylic acids is 1. The molecule has 1 aromatic carbocycles. The van der Waals surface area contributed by atoms with Crippen molar-refractivity contribution < 1.29 is 14.6 Å². The zero-order chi connectivity index (χ0) is 13.8. The van der Waals surface area contributed by atoms with E-state index in [0.29, 0.717) is 13.1 Å². The molecule has 2 rings (SSSR count). The predicted molar refractivity (Wildman–Crippen MR) is 73.5 cm³/mol. The smallest absolute Gasteiger partial charge is 0.321 e. The third kappa shape index (κ3) is 3.17. The number of carbonyl (C=O) groups is 1. The molecule has 2 amide bonds. The van der Waals surface area contributed by atoms with Crippen molar-refractivity contribution >= 4 is 11.7 Å². The van der Waals surface area contributed by atoms with Gasteiger partial charge in [-0.25, -0.2) is 4.79 Å². The number of ether oxygens (including phenoxy) is 1. The molecule has 104 valence electrons. The first-order chi connectivity index (χ1) is 9.13. The van der Waals surface area contributed by atoms with Crippen LogP contribution in [0.1, 0.15) is 12.0 Å². The average molecular weight is 264 g/mol. The van der Waals surface area contributed by atoms with Gasteiger partial charge in [0.1, 0.15) is 5.75 Å². The van der Waals surface area contributed by atoms with Crippen molar-refractivity contribution in [3.05, 3.63) is 23.8 Å². The number of aliphatic hydroxyl groups is 1. The monoisotopic (exact) mass is 264 g/mol. The van der Waals surface area contributed by atoms with E-state index in [4.69, 9.17) is 9.84 Å². The Kier molecular flexibility index (Phi) is 4.27. The van der Waals surface area contributed by atoms with Gasteiger partial charge in [-0.2, -0.15) is 0 Å². The van der Waals surface area contributed by atoms with Crippen molar-refractivity contribution in [2.45, 2.75) is 13.3 Å². The van der Waals surface area contributed by atoms with Gasteiger partial charge in [0, 0.05) is 31.3 Å². The standard InChI is InChI=1S/C14H20N2O3/c1-10-7-12(19-2)3-4-13(10)15-14(18)16-6-5-11(8-16)9-17/h3-4,7,11,17H,5-6,8-9H2,1-2H3,(H,15,18). The highest BCUT2D eigenvalue weighted by atomic mass is 16.5. The summed E-state index contributed by atoms with van der Waals surface area (Å²) in [7, 11) is 1.62. The molecule has 1 aromatic rings. The van der Waals surface area contributed by atoms with Gasteiger partial charge in [-0.3, -0.25) is 0 Å². The summed E-state index contributed by atoms with van der Waals surface area (Å²) < 4.78 is 5.13. The number of anilines is 1. The van der Waals surface area contributed by atoms with Crippen LogP contribution in [0.2, 0.25) is 0 Å². The van der Waals surface area contributed by atoms with Crippen LogP contribution in [0.15, 0.2) is 18.2 Å². The molecule has 19 heavy (non-hydrogen) atoms. The van der Waals surface area contributed by atoms with Crippen molar-refractivity contribution in [1.29, 1.82) is 0 Å². The molecular formula is C14H20N2O3. The minimum atomic E-state index is -0.107. The largest absolute Gasteiger partial charge is 0.497 e. The topological polar surface area (TPSA) is 61.8 Å². The highest BCUT2D eigenvalue weighted by Gasteiger charge is 2.25. The molecule has 0 saturated carbocycles. The highest BCUT2D eigenvalue weighted by molar-refractivity contribution is 5.90. The van der Waals surface area contributed by atoms with E-state index < -0.39 is 0 Å². The zero-order valence-corrected chi connectivity index (χ0v) is 11.3. The summed E-state index contributed by atoms with van der Waals surface area (Å²) in [5, 5.41) is 12.0. The number of rotatable bonds is 3. The fraction of sp³-hybridized carbons (Fsp3) is 0.500. The van der Waals surface area contributed by atoms with Crippen LogP contribution in [-0.2, 0) is 0 Å². The van der Waals surface area contributed by atoms with Gasteiger partial charge < -0.3 is 20.1 Å². The molecular weight excluding hydrogens is 244 g/mol. The molecule has 1 aliphatic heterocycles. The van der Waals surface area contributed by atoms with Crippen molar-refractivity contribution in [2.75, 3.05) is 32.1 Å². The van der Waals surface area contributed by atoms with Crippen LogP contribution in [0.4, 0.5) is 10.5 Å². The number of aryl methyl sites for hydroxylation is 1. The fourth-order valence-corrected chi connectivity index (χ4v) is 2.26. The Balaban J connectivity index is 1.99. The molecule has 2 N–H and O–H groups in total. The Labute approximate surface area is 113 Å². The lowest BCUT2D eigenvalue weighted by atomic mass is 10.1. The molecule has 1 atom stereocenters. The van der Waals surface area contributed by atoms with Crippen molar-refractivity contribution in [1.82, 2.24) is 4.90 Å². The number of hydrogen-bond acceptors (Lipinski definition) is 3. The number of methoxy groups -OCH3 is 1. The third-order valence-electron chi connectivity index (χ3n) is 3.51. The van der Waals surface area contributed by atoms with Crippen LogP contribution in [0.25, 0.3) is 0 Å². The second kappa shape index (κ2) is 5.93. The maximum atomic E-state index is 12.1. The van der Waals surface area contributed by atoms with Crippen molar-refractivity contribution in [3.63, 3.8) is 0 Å². The Morgan fingerprint density at radius 2 is 2.37 bits per heavy atom. The molecule has 1 unspecified atom stereocenters. The van der Waals surface area contributed by atoms with Gasteiger partial charge >= 0.3 is 6.03 Å². The summed E-state index contributed by atoms with van der Waals surface area (Å²) in [6.07, 6.45) is 0.867. The van der Waals surface area contributed by atoms with Gasteiger partial charge in [-0.15, -0.1) is 0 Å². The van der Waals surface area contributed by atoms with E-state index in [0.717, 1.165) is 23.4 Å². The molecule has 1 saturated heterocycles. The van der Waals surface area contributed by atoms with Crippen LogP contribution in [0.5, 0.6) is 5.75 Å². The minimum absolute atomic E-state index is 0.107. The van der Waals surface area contributed by atoms with Gasteiger partial charge in [-0.1, -0.05) is 0 Å². The fourth-order valence-electron chi connectivity index (χ4n) is 2.26. The van der Waals surface area contributed by atoms with E-state index in [1.54, 1.807) is 12.0 Å². The summed E-state index contributed by atoms with van der Waals surface area (Å²) in [6, 6.07) is 5.44. The maximum absolute atomic E-state index is 12.1. The summed E-state index contributed by atoms with van der Waals surface area (Å²) in [5.41, 5.74) is 1.75. The summed E-state index contributed by atoms with van der Waals surface area (Å²) in [5.74, 6) is 0.986. The SMILES string of the molecule is COc1ccc(NC(=O)N2CCC(CO)C2)c(C)c1. The Morgan fingerprint density at radius 3 is 2.95 bits per heavy atom. The van der Waals surface area contributed by atoms with Crippen molar-refractivity contribution in [2.24, 2.45) is 5.92 Å². The lowest BCUT2D eigenvalue weighted by molar-refractivity contribution is 0.208. The lowest BCUT2D eigenvalue weighted by Crippen LogP contribution is -2.33. The second-order valence-electron chi connectivity index (χ2n) is 4.89. The Hall–Kier alpha value is -1.75. The van der Waals surface area contributed by atoms with E-state index >= 15 is 0 Å². The van der Waals surface area contributed by atoms with E-state index in [1.807, 2.05) is 25.1 Å². The van der Waals surface area contributed by atoms with Crippen LogP contribution in [0.3, 0.4) is 0 Å². The lowest BCUT2D eigenvalue weighted by Gasteiger charge is -2.18. The van der Waals surface area contributed by atoms with E-state index in [1.165, 1.54) is 0 Å². The molecule has 0 bridgehead atoms. The second-order valence-corrected chi connectivity index (χ2v) is 4.89. The first-order valence-corrected chi connectivity index (χ1v) is 6.45. The molecule has 0 spiro atoms. The van der Waals surface area contributed by atoms with Gasteiger partial charge in [0.25, 0.3) is 0 Å². The number of hydrogen-bond donors (Lipinski definition) is 2. The molecule has 5 nitrogen and oxygen atoms in total. The van der Waals surface area contributed by atoms with E-state index in [9.17, 15) is 4.79 Å². The number of aliphatic hydroxyl groups excluding tert-OH is 1.